The van der Waals surface area contributed by atoms with Gasteiger partial charge in [-0.25, -0.2) is 4.68 Å². The van der Waals surface area contributed by atoms with Crippen LogP contribution in [0.3, 0.4) is 0 Å². The smallest absolute Gasteiger partial charge is 0.255 e. The number of rotatable bonds is 10. The van der Waals surface area contributed by atoms with Gasteiger partial charge in [0.05, 0.1) is 33.5 Å². The molecule has 2 fully saturated rings. The van der Waals surface area contributed by atoms with Crippen LogP contribution in [0.1, 0.15) is 40.5 Å². The molecule has 4 rings (SSSR count). The van der Waals surface area contributed by atoms with Crippen molar-refractivity contribution in [2.75, 3.05) is 72.0 Å². The molecule has 0 saturated carbocycles. The summed E-state index contributed by atoms with van der Waals surface area (Å²) in [6.07, 6.45) is 2.85. The Morgan fingerprint density at radius 3 is 2.54 bits per heavy atom. The van der Waals surface area contributed by atoms with Gasteiger partial charge in [-0.1, -0.05) is 12.5 Å². The minimum absolute atomic E-state index is 0.133. The molecule has 11 nitrogen and oxygen atoms in total. The van der Waals surface area contributed by atoms with Crippen LogP contribution in [0, 0.1) is 11.8 Å². The maximum Gasteiger partial charge on any atom is 0.255 e. The topological polar surface area (TPSA) is 124 Å². The lowest BCUT2D eigenvalue weighted by Crippen LogP contribution is -2.37. The van der Waals surface area contributed by atoms with Crippen LogP contribution in [0.4, 0.5) is 5.82 Å². The standard InChI is InChI=1S/C28H36N6O5/c1-4-25(35)33-11-8-21(19-33)34-28(30-9-5-10-32-12-14-39-15-13-32)26(27(29)36)24(31-34)7-6-20-16-22(37-2)18-23(17-20)38-3/h4,16-18,21,30H,1,5,8-15,19H2,2-3H3,(H2,29,36). The summed E-state index contributed by atoms with van der Waals surface area (Å²) in [7, 11) is 3.13. The second-order valence-corrected chi connectivity index (χ2v) is 9.40. The molecule has 1 unspecified atom stereocenters. The zero-order valence-corrected chi connectivity index (χ0v) is 22.6. The number of anilines is 1. The zero-order chi connectivity index (χ0) is 27.8. The average Bonchev–Trinajstić information content (AvgIpc) is 3.59. The minimum atomic E-state index is -0.624. The van der Waals surface area contributed by atoms with Crippen LogP contribution in [-0.2, 0) is 9.53 Å². The van der Waals surface area contributed by atoms with E-state index in [-0.39, 0.29) is 23.2 Å². The summed E-state index contributed by atoms with van der Waals surface area (Å²) in [5.74, 6) is 7.06. The van der Waals surface area contributed by atoms with E-state index < -0.39 is 5.91 Å². The first-order valence-electron chi connectivity index (χ1n) is 13.1. The third-order valence-corrected chi connectivity index (χ3v) is 6.88. The van der Waals surface area contributed by atoms with E-state index >= 15 is 0 Å². The van der Waals surface area contributed by atoms with Gasteiger partial charge in [-0.3, -0.25) is 14.5 Å². The monoisotopic (exact) mass is 536 g/mol. The molecule has 3 heterocycles. The number of likely N-dealkylation sites (tertiary alicyclic amines) is 1. The van der Waals surface area contributed by atoms with Crippen molar-refractivity contribution in [1.29, 1.82) is 0 Å². The Hall–Kier alpha value is -4.01. The molecule has 0 aliphatic carbocycles. The number of nitrogens with zero attached hydrogens (tertiary/aromatic N) is 4. The molecule has 2 aromatic rings. The molecule has 0 radical (unpaired) electrons. The number of benzene rings is 1. The van der Waals surface area contributed by atoms with Crippen molar-refractivity contribution in [2.45, 2.75) is 18.9 Å². The second-order valence-electron chi connectivity index (χ2n) is 9.40. The van der Waals surface area contributed by atoms with E-state index in [0.717, 1.165) is 39.3 Å². The fraction of sp³-hybridized carbons (Fsp3) is 0.464. The van der Waals surface area contributed by atoms with E-state index in [1.807, 2.05) is 0 Å². The SMILES string of the molecule is C=CC(=O)N1CCC(n2nc(C#Cc3cc(OC)cc(OC)c3)c(C(N)=O)c2NCCCN2CCOCC2)C1. The number of carbonyl (C=O) groups excluding carboxylic acids is 2. The molecule has 2 amide bonds. The van der Waals surface area contributed by atoms with E-state index in [9.17, 15) is 9.59 Å². The molecule has 1 aromatic heterocycles. The van der Waals surface area contributed by atoms with Gasteiger partial charge in [0.2, 0.25) is 5.91 Å². The number of ether oxygens (including phenoxy) is 3. The van der Waals surface area contributed by atoms with Crippen molar-refractivity contribution in [3.05, 3.63) is 47.7 Å². The Kier molecular flexibility index (Phi) is 9.46. The van der Waals surface area contributed by atoms with Gasteiger partial charge in [0.25, 0.3) is 5.91 Å². The predicted octanol–water partition coefficient (Wildman–Crippen LogP) is 1.49. The minimum Gasteiger partial charge on any atom is -0.497 e. The summed E-state index contributed by atoms with van der Waals surface area (Å²) >= 11 is 0. The van der Waals surface area contributed by atoms with Gasteiger partial charge in [-0.05, 0) is 43.5 Å². The highest BCUT2D eigenvalue weighted by atomic mass is 16.5. The Morgan fingerprint density at radius 2 is 1.90 bits per heavy atom. The summed E-state index contributed by atoms with van der Waals surface area (Å²) in [4.78, 5) is 29.0. The van der Waals surface area contributed by atoms with Crippen molar-refractivity contribution in [3.63, 3.8) is 0 Å². The first-order chi connectivity index (χ1) is 18.9. The van der Waals surface area contributed by atoms with Crippen LogP contribution in [0.25, 0.3) is 0 Å². The summed E-state index contributed by atoms with van der Waals surface area (Å²) in [6, 6.07) is 5.17. The predicted molar refractivity (Wildman–Crippen MR) is 147 cm³/mol. The largest absolute Gasteiger partial charge is 0.497 e. The number of methoxy groups -OCH3 is 2. The van der Waals surface area contributed by atoms with Crippen molar-refractivity contribution in [1.82, 2.24) is 19.6 Å². The third kappa shape index (κ3) is 6.90. The first kappa shape index (κ1) is 28.0. The lowest BCUT2D eigenvalue weighted by atomic mass is 10.1. The molecule has 3 N–H and O–H groups in total. The molecule has 2 aliphatic heterocycles. The second kappa shape index (κ2) is 13.2. The van der Waals surface area contributed by atoms with E-state index in [4.69, 9.17) is 25.0 Å². The maximum atomic E-state index is 12.7. The van der Waals surface area contributed by atoms with Gasteiger partial charge in [0.1, 0.15) is 22.9 Å². The highest BCUT2D eigenvalue weighted by molar-refractivity contribution is 6.00. The fourth-order valence-electron chi connectivity index (χ4n) is 4.80. The molecular formula is C28H36N6O5. The molecule has 0 bridgehead atoms. The molecule has 39 heavy (non-hydrogen) atoms. The highest BCUT2D eigenvalue weighted by Gasteiger charge is 2.31. The van der Waals surface area contributed by atoms with Crippen LogP contribution in [0.5, 0.6) is 11.5 Å². The van der Waals surface area contributed by atoms with Gasteiger partial charge >= 0.3 is 0 Å². The first-order valence-corrected chi connectivity index (χ1v) is 13.1. The van der Waals surface area contributed by atoms with Crippen LogP contribution in [-0.4, -0.2) is 98.1 Å². The van der Waals surface area contributed by atoms with Gasteiger partial charge < -0.3 is 30.2 Å². The van der Waals surface area contributed by atoms with Crippen LogP contribution in [0.2, 0.25) is 0 Å². The number of aromatic nitrogens is 2. The Morgan fingerprint density at radius 1 is 1.18 bits per heavy atom. The average molecular weight is 537 g/mol. The molecular weight excluding hydrogens is 500 g/mol. The Balaban J connectivity index is 1.63. The van der Waals surface area contributed by atoms with Gasteiger partial charge in [0, 0.05) is 44.4 Å². The number of hydrogen-bond donors (Lipinski definition) is 2. The summed E-state index contributed by atoms with van der Waals surface area (Å²) in [6.45, 7) is 9.45. The number of morpholine rings is 1. The van der Waals surface area contributed by atoms with Crippen LogP contribution >= 0.6 is 0 Å². The number of nitrogens with two attached hydrogens (primary N) is 1. The van der Waals surface area contributed by atoms with E-state index in [1.165, 1.54) is 6.08 Å². The molecule has 0 spiro atoms. The van der Waals surface area contributed by atoms with E-state index in [1.54, 1.807) is 42.0 Å². The normalized spacial score (nSPS) is 17.3. The molecule has 2 saturated heterocycles. The van der Waals surface area contributed by atoms with Gasteiger partial charge in [0.15, 0.2) is 5.69 Å². The Labute approximate surface area is 228 Å². The van der Waals surface area contributed by atoms with Crippen molar-refractivity contribution in [3.8, 4) is 23.3 Å². The maximum absolute atomic E-state index is 12.7. The summed E-state index contributed by atoms with van der Waals surface area (Å²) < 4.78 is 17.9. The van der Waals surface area contributed by atoms with Crippen molar-refractivity contribution >= 4 is 17.6 Å². The number of hydrogen-bond acceptors (Lipinski definition) is 8. The van der Waals surface area contributed by atoms with Crippen LogP contribution in [0.15, 0.2) is 30.9 Å². The van der Waals surface area contributed by atoms with Gasteiger partial charge in [-0.15, -0.1) is 0 Å². The summed E-state index contributed by atoms with van der Waals surface area (Å²) in [5, 5.41) is 8.13. The number of carbonyl (C=O) groups is 2. The van der Waals surface area contributed by atoms with Crippen molar-refractivity contribution in [2.24, 2.45) is 5.73 Å². The highest BCUT2D eigenvalue weighted by Crippen LogP contribution is 2.29. The third-order valence-electron chi connectivity index (χ3n) is 6.88. The fourth-order valence-corrected chi connectivity index (χ4v) is 4.80. The quantitative estimate of drug-likeness (QED) is 0.266. The number of nitrogens with one attached hydrogen (secondary N) is 1. The lowest BCUT2D eigenvalue weighted by Gasteiger charge is -2.26. The molecule has 208 valence electrons. The van der Waals surface area contributed by atoms with Crippen molar-refractivity contribution < 1.29 is 23.8 Å². The molecule has 1 aromatic carbocycles. The van der Waals surface area contributed by atoms with Crippen LogP contribution < -0.4 is 20.5 Å². The molecule has 11 heteroatoms. The number of amides is 2. The number of primary amides is 1. The zero-order valence-electron chi connectivity index (χ0n) is 22.6. The Bertz CT molecular complexity index is 1230. The molecule has 1 atom stereocenters. The van der Waals surface area contributed by atoms with Gasteiger partial charge in [-0.2, -0.15) is 5.10 Å². The summed E-state index contributed by atoms with van der Waals surface area (Å²) in [5.41, 5.74) is 7.01. The molecule has 2 aliphatic rings. The van der Waals surface area contributed by atoms with E-state index in [0.29, 0.717) is 48.9 Å². The lowest BCUT2D eigenvalue weighted by molar-refractivity contribution is -0.125. The van der Waals surface area contributed by atoms with E-state index in [2.05, 4.69) is 28.6 Å².